The first kappa shape index (κ1) is 13.0. The van der Waals surface area contributed by atoms with E-state index in [1.54, 1.807) is 0 Å². The minimum Gasteiger partial charge on any atom is -0.316 e. The SMILES string of the molecule is CCCNCC1CCC1Cc1nc(C)c(C)s1. The van der Waals surface area contributed by atoms with Crippen LogP contribution in [0, 0.1) is 25.7 Å². The lowest BCUT2D eigenvalue weighted by atomic mass is 9.72. The molecule has 1 aliphatic carbocycles. The Bertz CT molecular complexity index is 340. The van der Waals surface area contributed by atoms with Crippen molar-refractivity contribution in [3.8, 4) is 0 Å². The van der Waals surface area contributed by atoms with Crippen molar-refractivity contribution < 1.29 is 0 Å². The van der Waals surface area contributed by atoms with Crippen LogP contribution in [0.2, 0.25) is 0 Å². The summed E-state index contributed by atoms with van der Waals surface area (Å²) in [6, 6.07) is 0. The van der Waals surface area contributed by atoms with E-state index in [-0.39, 0.29) is 0 Å². The third kappa shape index (κ3) is 3.29. The molecule has 2 atom stereocenters. The molecule has 0 aliphatic heterocycles. The lowest BCUT2D eigenvalue weighted by Gasteiger charge is -2.36. The van der Waals surface area contributed by atoms with Crippen molar-refractivity contribution in [2.45, 2.75) is 46.5 Å². The topological polar surface area (TPSA) is 24.9 Å². The van der Waals surface area contributed by atoms with Crippen LogP contribution in [0.25, 0.3) is 0 Å². The van der Waals surface area contributed by atoms with Gasteiger partial charge in [0.25, 0.3) is 0 Å². The van der Waals surface area contributed by atoms with Gasteiger partial charge in [0.1, 0.15) is 0 Å². The molecule has 1 saturated carbocycles. The number of hydrogen-bond acceptors (Lipinski definition) is 3. The molecule has 2 rings (SSSR count). The average molecular weight is 252 g/mol. The molecule has 17 heavy (non-hydrogen) atoms. The molecule has 1 aliphatic rings. The summed E-state index contributed by atoms with van der Waals surface area (Å²) >= 11 is 1.89. The lowest BCUT2D eigenvalue weighted by Crippen LogP contribution is -2.36. The standard InChI is InChI=1S/C14H24N2S/c1-4-7-15-9-13-6-5-12(13)8-14-16-10(2)11(3)17-14/h12-13,15H,4-9H2,1-3H3. The normalized spacial score (nSPS) is 23.7. The number of nitrogens with one attached hydrogen (secondary N) is 1. The van der Waals surface area contributed by atoms with Crippen LogP contribution in [0.4, 0.5) is 0 Å². The van der Waals surface area contributed by atoms with Crippen molar-refractivity contribution in [1.82, 2.24) is 10.3 Å². The summed E-state index contributed by atoms with van der Waals surface area (Å²) in [5.41, 5.74) is 1.23. The number of nitrogens with zero attached hydrogens (tertiary/aromatic N) is 1. The maximum Gasteiger partial charge on any atom is 0.0933 e. The van der Waals surface area contributed by atoms with Crippen molar-refractivity contribution in [2.24, 2.45) is 11.8 Å². The molecule has 1 fully saturated rings. The Morgan fingerprint density at radius 3 is 2.59 bits per heavy atom. The van der Waals surface area contributed by atoms with Gasteiger partial charge in [0, 0.05) is 11.3 Å². The van der Waals surface area contributed by atoms with E-state index in [1.165, 1.54) is 54.4 Å². The number of aryl methyl sites for hydroxylation is 2. The van der Waals surface area contributed by atoms with Crippen LogP contribution in [0.15, 0.2) is 0 Å². The number of thiazole rings is 1. The first-order valence-corrected chi connectivity index (χ1v) is 7.66. The zero-order valence-corrected chi connectivity index (χ0v) is 12.1. The number of rotatable bonds is 6. The molecule has 0 saturated heterocycles. The summed E-state index contributed by atoms with van der Waals surface area (Å²) in [5, 5.41) is 4.90. The van der Waals surface area contributed by atoms with Gasteiger partial charge in [0.15, 0.2) is 0 Å². The van der Waals surface area contributed by atoms with Gasteiger partial charge in [-0.15, -0.1) is 11.3 Å². The molecule has 96 valence electrons. The van der Waals surface area contributed by atoms with E-state index in [0.29, 0.717) is 0 Å². The minimum absolute atomic E-state index is 0.879. The fourth-order valence-electron chi connectivity index (χ4n) is 2.49. The number of hydrogen-bond donors (Lipinski definition) is 1. The van der Waals surface area contributed by atoms with E-state index in [0.717, 1.165) is 11.8 Å². The predicted molar refractivity (Wildman–Crippen MR) is 74.7 cm³/mol. The summed E-state index contributed by atoms with van der Waals surface area (Å²) < 4.78 is 0. The van der Waals surface area contributed by atoms with Crippen molar-refractivity contribution in [1.29, 1.82) is 0 Å². The van der Waals surface area contributed by atoms with Crippen LogP contribution >= 0.6 is 11.3 Å². The van der Waals surface area contributed by atoms with Crippen LogP contribution in [-0.2, 0) is 6.42 Å². The van der Waals surface area contributed by atoms with E-state index in [4.69, 9.17) is 0 Å². The zero-order valence-electron chi connectivity index (χ0n) is 11.3. The summed E-state index contributed by atoms with van der Waals surface area (Å²) in [7, 11) is 0. The number of aromatic nitrogens is 1. The Kier molecular flexibility index (Phi) is 4.57. The monoisotopic (exact) mass is 252 g/mol. The maximum absolute atomic E-state index is 4.66. The van der Waals surface area contributed by atoms with Gasteiger partial charge in [-0.25, -0.2) is 4.98 Å². The first-order valence-electron chi connectivity index (χ1n) is 6.84. The Labute approximate surface area is 109 Å². The molecular formula is C14H24N2S. The van der Waals surface area contributed by atoms with E-state index in [9.17, 15) is 0 Å². The maximum atomic E-state index is 4.66. The highest BCUT2D eigenvalue weighted by atomic mass is 32.1. The van der Waals surface area contributed by atoms with E-state index >= 15 is 0 Å². The fraction of sp³-hybridized carbons (Fsp3) is 0.786. The van der Waals surface area contributed by atoms with Gasteiger partial charge in [0.2, 0.25) is 0 Å². The molecule has 1 aromatic rings. The minimum atomic E-state index is 0.879. The van der Waals surface area contributed by atoms with Crippen molar-refractivity contribution in [3.05, 3.63) is 15.6 Å². The quantitative estimate of drug-likeness (QED) is 0.786. The van der Waals surface area contributed by atoms with Gasteiger partial charge >= 0.3 is 0 Å². The smallest absolute Gasteiger partial charge is 0.0933 e. The Morgan fingerprint density at radius 2 is 2.06 bits per heavy atom. The molecule has 0 spiro atoms. The van der Waals surface area contributed by atoms with Crippen LogP contribution in [0.5, 0.6) is 0 Å². The van der Waals surface area contributed by atoms with Crippen molar-refractivity contribution in [3.63, 3.8) is 0 Å². The van der Waals surface area contributed by atoms with Gasteiger partial charge < -0.3 is 5.32 Å². The molecule has 2 nitrogen and oxygen atoms in total. The first-order chi connectivity index (χ1) is 8.20. The Hall–Kier alpha value is -0.410. The molecule has 0 aromatic carbocycles. The van der Waals surface area contributed by atoms with E-state index < -0.39 is 0 Å². The zero-order chi connectivity index (χ0) is 12.3. The van der Waals surface area contributed by atoms with E-state index in [1.807, 2.05) is 11.3 Å². The van der Waals surface area contributed by atoms with Crippen LogP contribution in [-0.4, -0.2) is 18.1 Å². The highest BCUT2D eigenvalue weighted by Gasteiger charge is 2.31. The van der Waals surface area contributed by atoms with Gasteiger partial charge in [-0.3, -0.25) is 0 Å². The van der Waals surface area contributed by atoms with Gasteiger partial charge in [0.05, 0.1) is 10.7 Å². The highest BCUT2D eigenvalue weighted by molar-refractivity contribution is 7.11. The highest BCUT2D eigenvalue weighted by Crippen LogP contribution is 2.37. The van der Waals surface area contributed by atoms with Crippen LogP contribution in [0.3, 0.4) is 0 Å². The Morgan fingerprint density at radius 1 is 1.29 bits per heavy atom. The third-order valence-electron chi connectivity index (χ3n) is 3.92. The van der Waals surface area contributed by atoms with Gasteiger partial charge in [-0.05, 0) is 58.0 Å². The summed E-state index contributed by atoms with van der Waals surface area (Å²) in [4.78, 5) is 6.05. The third-order valence-corrected chi connectivity index (χ3v) is 5.01. The molecule has 0 amide bonds. The Balaban J connectivity index is 1.79. The van der Waals surface area contributed by atoms with Crippen LogP contribution < -0.4 is 5.32 Å². The lowest BCUT2D eigenvalue weighted by molar-refractivity contribution is 0.171. The summed E-state index contributed by atoms with van der Waals surface area (Å²) in [6.07, 6.45) is 5.25. The molecule has 2 unspecified atom stereocenters. The molecular weight excluding hydrogens is 228 g/mol. The summed E-state index contributed by atoms with van der Waals surface area (Å²) in [5.74, 6) is 1.77. The van der Waals surface area contributed by atoms with Crippen molar-refractivity contribution in [2.75, 3.05) is 13.1 Å². The molecule has 1 aromatic heterocycles. The second-order valence-electron chi connectivity index (χ2n) is 5.25. The molecule has 1 N–H and O–H groups in total. The predicted octanol–water partition coefficient (Wildman–Crippen LogP) is 3.33. The van der Waals surface area contributed by atoms with Crippen molar-refractivity contribution >= 4 is 11.3 Å². The van der Waals surface area contributed by atoms with E-state index in [2.05, 4.69) is 31.1 Å². The summed E-state index contributed by atoms with van der Waals surface area (Å²) in [6.45, 7) is 8.90. The largest absolute Gasteiger partial charge is 0.316 e. The van der Waals surface area contributed by atoms with Gasteiger partial charge in [-0.2, -0.15) is 0 Å². The fourth-order valence-corrected chi connectivity index (χ4v) is 3.52. The van der Waals surface area contributed by atoms with Gasteiger partial charge in [-0.1, -0.05) is 6.92 Å². The molecule has 0 radical (unpaired) electrons. The molecule has 0 bridgehead atoms. The average Bonchev–Trinajstić information content (AvgIpc) is 2.60. The molecule has 3 heteroatoms. The second kappa shape index (κ2) is 5.96. The second-order valence-corrected chi connectivity index (χ2v) is 6.54. The molecule has 1 heterocycles. The van der Waals surface area contributed by atoms with Crippen LogP contribution in [0.1, 0.15) is 41.8 Å².